The molecule has 1 unspecified atom stereocenters. The van der Waals surface area contributed by atoms with Gasteiger partial charge in [0.1, 0.15) is 24.1 Å². The van der Waals surface area contributed by atoms with E-state index >= 15 is 0 Å². The van der Waals surface area contributed by atoms with Crippen LogP contribution in [0.15, 0.2) is 114 Å². The standard InChI is InChI=1S/C36H41N3O6S/c1-4-23-37-36(41)34(25-28-13-8-6-9-14-28)38(26-29-15-12-16-32(24-29)44-3)35(40)27-39(30-19-21-31(22-20-30)45-5-2)46(42,43)33-17-10-7-11-18-33/h6-22,24,34H,4-5,23,25-27H2,1-3H3,(H,37,41). The molecule has 0 saturated heterocycles. The summed E-state index contributed by atoms with van der Waals surface area (Å²) in [5.41, 5.74) is 1.88. The zero-order chi connectivity index (χ0) is 32.9. The lowest BCUT2D eigenvalue weighted by Crippen LogP contribution is -2.53. The molecule has 0 radical (unpaired) electrons. The summed E-state index contributed by atoms with van der Waals surface area (Å²) in [6, 6.07) is 30.3. The molecule has 1 N–H and O–H groups in total. The fourth-order valence-corrected chi connectivity index (χ4v) is 6.45. The molecule has 2 amide bonds. The third kappa shape index (κ3) is 8.88. The van der Waals surface area contributed by atoms with Gasteiger partial charge in [-0.25, -0.2) is 8.42 Å². The van der Waals surface area contributed by atoms with E-state index in [1.54, 1.807) is 61.7 Å². The van der Waals surface area contributed by atoms with Crippen molar-refractivity contribution in [1.29, 1.82) is 0 Å². The Bertz CT molecular complexity index is 1670. The minimum Gasteiger partial charge on any atom is -0.497 e. The summed E-state index contributed by atoms with van der Waals surface area (Å²) in [6.07, 6.45) is 0.953. The zero-order valence-corrected chi connectivity index (χ0v) is 27.3. The van der Waals surface area contributed by atoms with Gasteiger partial charge in [-0.1, -0.05) is 67.6 Å². The van der Waals surface area contributed by atoms with Gasteiger partial charge in [0.05, 0.1) is 24.3 Å². The zero-order valence-electron chi connectivity index (χ0n) is 26.5. The maximum absolute atomic E-state index is 14.5. The second-order valence-corrected chi connectivity index (χ2v) is 12.5. The molecule has 0 aliphatic carbocycles. The first kappa shape index (κ1) is 34.1. The van der Waals surface area contributed by atoms with Crippen molar-refractivity contribution in [2.75, 3.05) is 31.1 Å². The third-order valence-corrected chi connectivity index (χ3v) is 9.14. The van der Waals surface area contributed by atoms with Gasteiger partial charge in [0.15, 0.2) is 0 Å². The molecule has 4 aromatic carbocycles. The summed E-state index contributed by atoms with van der Waals surface area (Å²) in [4.78, 5) is 29.8. The van der Waals surface area contributed by atoms with E-state index in [1.165, 1.54) is 17.0 Å². The number of hydrogen-bond acceptors (Lipinski definition) is 6. The molecule has 0 aromatic heterocycles. The molecule has 0 aliphatic rings. The number of rotatable bonds is 16. The van der Waals surface area contributed by atoms with Gasteiger partial charge in [-0.05, 0) is 73.0 Å². The van der Waals surface area contributed by atoms with Crippen molar-refractivity contribution in [3.63, 3.8) is 0 Å². The van der Waals surface area contributed by atoms with Crippen LogP contribution in [-0.2, 0) is 32.6 Å². The monoisotopic (exact) mass is 643 g/mol. The van der Waals surface area contributed by atoms with Crippen LogP contribution in [0.5, 0.6) is 11.5 Å². The van der Waals surface area contributed by atoms with Crippen molar-refractivity contribution < 1.29 is 27.5 Å². The summed E-state index contributed by atoms with van der Waals surface area (Å²) in [6.45, 7) is 4.21. The molecule has 0 aliphatic heterocycles. The molecule has 0 saturated carbocycles. The average molecular weight is 644 g/mol. The van der Waals surface area contributed by atoms with Crippen LogP contribution in [0.25, 0.3) is 0 Å². The fourth-order valence-electron chi connectivity index (χ4n) is 5.01. The van der Waals surface area contributed by atoms with E-state index in [2.05, 4.69) is 5.32 Å². The van der Waals surface area contributed by atoms with Gasteiger partial charge in [0.2, 0.25) is 11.8 Å². The van der Waals surface area contributed by atoms with Crippen LogP contribution in [0.2, 0.25) is 0 Å². The Kier molecular flexibility index (Phi) is 12.2. The predicted molar refractivity (Wildman–Crippen MR) is 179 cm³/mol. The van der Waals surface area contributed by atoms with Crippen LogP contribution in [0, 0.1) is 0 Å². The number of sulfonamides is 1. The SMILES string of the molecule is CCCNC(=O)C(Cc1ccccc1)N(Cc1cccc(OC)c1)C(=O)CN(c1ccc(OCC)cc1)S(=O)(=O)c1ccccc1. The molecule has 1 atom stereocenters. The van der Waals surface area contributed by atoms with E-state index in [0.717, 1.165) is 15.4 Å². The normalized spacial score (nSPS) is 11.7. The van der Waals surface area contributed by atoms with Gasteiger partial charge in [0, 0.05) is 19.5 Å². The lowest BCUT2D eigenvalue weighted by molar-refractivity contribution is -0.140. The summed E-state index contributed by atoms with van der Waals surface area (Å²) >= 11 is 0. The van der Waals surface area contributed by atoms with E-state index in [9.17, 15) is 18.0 Å². The maximum Gasteiger partial charge on any atom is 0.264 e. The summed E-state index contributed by atoms with van der Waals surface area (Å²) in [5.74, 6) is 0.316. The largest absolute Gasteiger partial charge is 0.497 e. The first-order chi connectivity index (χ1) is 22.3. The highest BCUT2D eigenvalue weighted by molar-refractivity contribution is 7.92. The molecule has 0 spiro atoms. The molecule has 10 heteroatoms. The Hall–Kier alpha value is -4.83. The van der Waals surface area contributed by atoms with Crippen LogP contribution in [0.4, 0.5) is 5.69 Å². The fraction of sp³-hybridized carbons (Fsp3) is 0.278. The van der Waals surface area contributed by atoms with Gasteiger partial charge >= 0.3 is 0 Å². The number of carbonyl (C=O) groups excluding carboxylic acids is 2. The lowest BCUT2D eigenvalue weighted by atomic mass is 10.0. The first-order valence-electron chi connectivity index (χ1n) is 15.3. The molecular formula is C36H41N3O6S. The highest BCUT2D eigenvalue weighted by Gasteiger charge is 2.34. The Labute approximate surface area is 271 Å². The molecule has 0 heterocycles. The van der Waals surface area contributed by atoms with Crippen molar-refractivity contribution in [2.45, 2.75) is 44.2 Å². The van der Waals surface area contributed by atoms with E-state index in [1.807, 2.05) is 56.3 Å². The highest BCUT2D eigenvalue weighted by atomic mass is 32.2. The molecular weight excluding hydrogens is 602 g/mol. The van der Waals surface area contributed by atoms with Crippen molar-refractivity contribution >= 4 is 27.5 Å². The van der Waals surface area contributed by atoms with Gasteiger partial charge in [0.25, 0.3) is 10.0 Å². The molecule has 242 valence electrons. The highest BCUT2D eigenvalue weighted by Crippen LogP contribution is 2.27. The Morgan fingerprint density at radius 3 is 2.09 bits per heavy atom. The van der Waals surface area contributed by atoms with Crippen molar-refractivity contribution in [3.05, 3.63) is 120 Å². The van der Waals surface area contributed by atoms with Crippen LogP contribution >= 0.6 is 0 Å². The van der Waals surface area contributed by atoms with Crippen LogP contribution in [0.1, 0.15) is 31.4 Å². The van der Waals surface area contributed by atoms with Crippen LogP contribution < -0.4 is 19.1 Å². The smallest absolute Gasteiger partial charge is 0.264 e. The molecule has 9 nitrogen and oxygen atoms in total. The van der Waals surface area contributed by atoms with Gasteiger partial charge in [-0.15, -0.1) is 0 Å². The number of benzene rings is 4. The summed E-state index contributed by atoms with van der Waals surface area (Å²) < 4.78 is 40.3. The quantitative estimate of drug-likeness (QED) is 0.174. The van der Waals surface area contributed by atoms with Gasteiger partial charge in [-0.2, -0.15) is 0 Å². The van der Waals surface area contributed by atoms with Crippen LogP contribution in [0.3, 0.4) is 0 Å². The second-order valence-electron chi connectivity index (χ2n) is 10.6. The maximum atomic E-state index is 14.5. The molecule has 46 heavy (non-hydrogen) atoms. The Balaban J connectivity index is 1.79. The molecule has 0 fully saturated rings. The Morgan fingerprint density at radius 1 is 0.804 bits per heavy atom. The Morgan fingerprint density at radius 2 is 1.46 bits per heavy atom. The average Bonchev–Trinajstić information content (AvgIpc) is 3.09. The van der Waals surface area contributed by atoms with Gasteiger partial charge < -0.3 is 19.7 Å². The summed E-state index contributed by atoms with van der Waals surface area (Å²) in [7, 11) is -2.63. The lowest BCUT2D eigenvalue weighted by Gasteiger charge is -2.34. The number of amides is 2. The van der Waals surface area contributed by atoms with E-state index in [4.69, 9.17) is 9.47 Å². The first-order valence-corrected chi connectivity index (χ1v) is 16.8. The van der Waals surface area contributed by atoms with E-state index in [0.29, 0.717) is 31.1 Å². The van der Waals surface area contributed by atoms with Crippen LogP contribution in [-0.4, -0.2) is 58.0 Å². The second kappa shape index (κ2) is 16.5. The number of nitrogens with zero attached hydrogens (tertiary/aromatic N) is 2. The minimum absolute atomic E-state index is 0.0394. The van der Waals surface area contributed by atoms with Crippen molar-refractivity contribution in [3.8, 4) is 11.5 Å². The number of methoxy groups -OCH3 is 1. The number of hydrogen-bond donors (Lipinski definition) is 1. The number of anilines is 1. The molecule has 4 rings (SSSR count). The topological polar surface area (TPSA) is 105 Å². The molecule has 4 aromatic rings. The summed E-state index contributed by atoms with van der Waals surface area (Å²) in [5, 5.41) is 2.95. The van der Waals surface area contributed by atoms with E-state index in [-0.39, 0.29) is 29.5 Å². The number of ether oxygens (including phenoxy) is 2. The molecule has 0 bridgehead atoms. The third-order valence-electron chi connectivity index (χ3n) is 7.35. The van der Waals surface area contributed by atoms with E-state index < -0.39 is 28.5 Å². The van der Waals surface area contributed by atoms with Crippen molar-refractivity contribution in [1.82, 2.24) is 10.2 Å². The number of carbonyl (C=O) groups is 2. The van der Waals surface area contributed by atoms with Crippen molar-refractivity contribution in [2.24, 2.45) is 0 Å². The minimum atomic E-state index is -4.19. The predicted octanol–water partition coefficient (Wildman–Crippen LogP) is 5.46. The van der Waals surface area contributed by atoms with Gasteiger partial charge in [-0.3, -0.25) is 13.9 Å². The number of nitrogens with one attached hydrogen (secondary N) is 1.